The van der Waals surface area contributed by atoms with Crippen molar-refractivity contribution in [3.63, 3.8) is 0 Å². The average Bonchev–Trinajstić information content (AvgIpc) is 2.83. The van der Waals surface area contributed by atoms with Gasteiger partial charge in [0.05, 0.1) is 5.56 Å². The van der Waals surface area contributed by atoms with Gasteiger partial charge in [-0.25, -0.2) is 4.79 Å². The number of aromatic nitrogens is 2. The van der Waals surface area contributed by atoms with E-state index in [2.05, 4.69) is 10.1 Å². The predicted octanol–water partition coefficient (Wildman–Crippen LogP) is 2.90. The highest BCUT2D eigenvalue weighted by Gasteiger charge is 2.16. The van der Waals surface area contributed by atoms with E-state index in [0.29, 0.717) is 22.7 Å². The molecule has 1 aromatic heterocycles. The van der Waals surface area contributed by atoms with Crippen LogP contribution in [0.3, 0.4) is 0 Å². The lowest BCUT2D eigenvalue weighted by atomic mass is 9.99. The van der Waals surface area contributed by atoms with Gasteiger partial charge in [0.1, 0.15) is 0 Å². The van der Waals surface area contributed by atoms with Gasteiger partial charge in [-0.05, 0) is 24.4 Å². The van der Waals surface area contributed by atoms with E-state index in [-0.39, 0.29) is 5.56 Å². The quantitative estimate of drug-likeness (QED) is 0.760. The van der Waals surface area contributed by atoms with E-state index < -0.39 is 5.97 Å². The molecule has 0 atom stereocenters. The minimum atomic E-state index is -0.978. The number of hydrogen-bond donors (Lipinski definition) is 1. The fraction of sp³-hybridized carbons (Fsp3) is 0.0714. The first kappa shape index (κ1) is 11.4. The van der Waals surface area contributed by atoms with Crippen molar-refractivity contribution < 1.29 is 14.4 Å². The summed E-state index contributed by atoms with van der Waals surface area (Å²) >= 11 is 0. The SMILES string of the molecule is Cc1noc(-c2cccc3cccc(C(=O)O)c23)n1. The predicted molar refractivity (Wildman–Crippen MR) is 68.9 cm³/mol. The molecule has 19 heavy (non-hydrogen) atoms. The fourth-order valence-electron chi connectivity index (χ4n) is 2.10. The molecule has 0 radical (unpaired) electrons. The van der Waals surface area contributed by atoms with Crippen molar-refractivity contribution in [2.45, 2.75) is 6.92 Å². The minimum absolute atomic E-state index is 0.226. The Morgan fingerprint density at radius 1 is 1.21 bits per heavy atom. The highest BCUT2D eigenvalue weighted by molar-refractivity contribution is 6.09. The van der Waals surface area contributed by atoms with Crippen molar-refractivity contribution >= 4 is 16.7 Å². The maximum atomic E-state index is 11.3. The van der Waals surface area contributed by atoms with Gasteiger partial charge in [0, 0.05) is 10.9 Å². The van der Waals surface area contributed by atoms with Crippen molar-refractivity contribution in [1.82, 2.24) is 10.1 Å². The Balaban J connectivity index is 2.39. The van der Waals surface area contributed by atoms with Crippen LogP contribution in [0.4, 0.5) is 0 Å². The van der Waals surface area contributed by atoms with Crippen LogP contribution in [-0.2, 0) is 0 Å². The number of fused-ring (bicyclic) bond motifs is 1. The molecule has 0 aliphatic rings. The second kappa shape index (κ2) is 4.20. The lowest BCUT2D eigenvalue weighted by Gasteiger charge is -2.06. The van der Waals surface area contributed by atoms with Crippen LogP contribution < -0.4 is 0 Å². The highest BCUT2D eigenvalue weighted by Crippen LogP contribution is 2.30. The molecule has 3 rings (SSSR count). The van der Waals surface area contributed by atoms with Crippen molar-refractivity contribution in [2.24, 2.45) is 0 Å². The van der Waals surface area contributed by atoms with Gasteiger partial charge in [-0.1, -0.05) is 29.4 Å². The van der Waals surface area contributed by atoms with E-state index in [1.54, 1.807) is 25.1 Å². The first-order valence-electron chi connectivity index (χ1n) is 5.72. The zero-order chi connectivity index (χ0) is 13.4. The van der Waals surface area contributed by atoms with Crippen LogP contribution in [0.1, 0.15) is 16.2 Å². The van der Waals surface area contributed by atoms with Crippen molar-refractivity contribution in [2.75, 3.05) is 0 Å². The molecule has 0 unspecified atom stereocenters. The molecule has 5 heteroatoms. The standard InChI is InChI=1S/C14H10N2O3/c1-8-15-13(19-16-8)10-6-2-4-9-5-3-7-11(12(9)10)14(17)18/h2-7H,1H3,(H,17,18). The molecule has 1 N–H and O–H groups in total. The Labute approximate surface area is 108 Å². The van der Waals surface area contributed by atoms with Gasteiger partial charge in [0.15, 0.2) is 5.82 Å². The van der Waals surface area contributed by atoms with Gasteiger partial charge in [-0.2, -0.15) is 4.98 Å². The average molecular weight is 254 g/mol. The summed E-state index contributed by atoms with van der Waals surface area (Å²) in [6, 6.07) is 10.6. The summed E-state index contributed by atoms with van der Waals surface area (Å²) in [7, 11) is 0. The van der Waals surface area contributed by atoms with Crippen LogP contribution in [0, 0.1) is 6.92 Å². The zero-order valence-corrected chi connectivity index (χ0v) is 10.1. The summed E-state index contributed by atoms with van der Waals surface area (Å²) in [6.45, 7) is 1.72. The number of benzene rings is 2. The van der Waals surface area contributed by atoms with E-state index in [4.69, 9.17) is 4.52 Å². The lowest BCUT2D eigenvalue weighted by molar-refractivity contribution is 0.0699. The topological polar surface area (TPSA) is 76.2 Å². The molecule has 0 amide bonds. The molecule has 0 fully saturated rings. The summed E-state index contributed by atoms with van der Waals surface area (Å²) in [6.07, 6.45) is 0. The smallest absolute Gasteiger partial charge is 0.336 e. The van der Waals surface area contributed by atoms with E-state index in [9.17, 15) is 9.90 Å². The van der Waals surface area contributed by atoms with Crippen molar-refractivity contribution in [3.8, 4) is 11.5 Å². The largest absolute Gasteiger partial charge is 0.478 e. The van der Waals surface area contributed by atoms with Crippen LogP contribution in [0.25, 0.3) is 22.2 Å². The maximum absolute atomic E-state index is 11.3. The van der Waals surface area contributed by atoms with Crippen LogP contribution >= 0.6 is 0 Å². The molecule has 1 heterocycles. The summed E-state index contributed by atoms with van der Waals surface area (Å²) in [5, 5.41) is 14.5. The highest BCUT2D eigenvalue weighted by atomic mass is 16.5. The molecule has 94 valence electrons. The van der Waals surface area contributed by atoms with E-state index in [1.807, 2.05) is 18.2 Å². The van der Waals surface area contributed by atoms with Crippen LogP contribution in [0.5, 0.6) is 0 Å². The Hall–Kier alpha value is -2.69. The second-order valence-electron chi connectivity index (χ2n) is 4.16. The number of rotatable bonds is 2. The van der Waals surface area contributed by atoms with Crippen LogP contribution in [0.2, 0.25) is 0 Å². The number of aromatic carboxylic acids is 1. The number of carboxylic acid groups (broad SMARTS) is 1. The summed E-state index contributed by atoms with van der Waals surface area (Å²) in [4.78, 5) is 15.5. The van der Waals surface area contributed by atoms with Gasteiger partial charge >= 0.3 is 5.97 Å². The van der Waals surface area contributed by atoms with Crippen molar-refractivity contribution in [3.05, 3.63) is 47.8 Å². The number of carboxylic acids is 1. The van der Waals surface area contributed by atoms with E-state index >= 15 is 0 Å². The van der Waals surface area contributed by atoms with Gasteiger partial charge in [-0.15, -0.1) is 0 Å². The normalized spacial score (nSPS) is 10.8. The third-order valence-corrected chi connectivity index (χ3v) is 2.89. The summed E-state index contributed by atoms with van der Waals surface area (Å²) in [5.41, 5.74) is 0.861. The van der Waals surface area contributed by atoms with Gasteiger partial charge in [0.2, 0.25) is 0 Å². The Morgan fingerprint density at radius 2 is 1.95 bits per heavy atom. The van der Waals surface area contributed by atoms with Crippen LogP contribution in [-0.4, -0.2) is 21.2 Å². The second-order valence-corrected chi connectivity index (χ2v) is 4.16. The molecule has 0 spiro atoms. The number of hydrogen-bond acceptors (Lipinski definition) is 4. The molecule has 5 nitrogen and oxygen atoms in total. The fourth-order valence-corrected chi connectivity index (χ4v) is 2.10. The Morgan fingerprint density at radius 3 is 2.58 bits per heavy atom. The van der Waals surface area contributed by atoms with E-state index in [0.717, 1.165) is 5.39 Å². The Kier molecular flexibility index (Phi) is 2.52. The maximum Gasteiger partial charge on any atom is 0.336 e. The van der Waals surface area contributed by atoms with E-state index in [1.165, 1.54) is 0 Å². The van der Waals surface area contributed by atoms with Gasteiger partial charge < -0.3 is 9.63 Å². The number of nitrogens with zero attached hydrogens (tertiary/aromatic N) is 2. The molecule has 0 aliphatic heterocycles. The monoisotopic (exact) mass is 254 g/mol. The van der Waals surface area contributed by atoms with Crippen molar-refractivity contribution in [1.29, 1.82) is 0 Å². The number of carbonyl (C=O) groups is 1. The zero-order valence-electron chi connectivity index (χ0n) is 10.1. The van der Waals surface area contributed by atoms with Gasteiger partial charge in [0.25, 0.3) is 5.89 Å². The minimum Gasteiger partial charge on any atom is -0.478 e. The Bertz CT molecular complexity index is 772. The molecule has 0 bridgehead atoms. The summed E-state index contributed by atoms with van der Waals surface area (Å²) in [5.74, 6) is -0.133. The number of aryl methyl sites for hydroxylation is 1. The summed E-state index contributed by atoms with van der Waals surface area (Å²) < 4.78 is 5.14. The molecule has 3 aromatic rings. The first-order chi connectivity index (χ1) is 9.16. The van der Waals surface area contributed by atoms with Crippen LogP contribution in [0.15, 0.2) is 40.9 Å². The molecule has 2 aromatic carbocycles. The molecule has 0 saturated carbocycles. The molecular weight excluding hydrogens is 244 g/mol. The molecule has 0 saturated heterocycles. The van der Waals surface area contributed by atoms with Gasteiger partial charge in [-0.3, -0.25) is 0 Å². The first-order valence-corrected chi connectivity index (χ1v) is 5.72. The third kappa shape index (κ3) is 1.85. The lowest BCUT2D eigenvalue weighted by Crippen LogP contribution is -1.98. The molecular formula is C14H10N2O3. The third-order valence-electron chi connectivity index (χ3n) is 2.89. The molecule has 0 aliphatic carbocycles.